The Balaban J connectivity index is 1.94. The summed E-state index contributed by atoms with van der Waals surface area (Å²) in [6, 6.07) is 13.7. The maximum atomic E-state index is 11.2. The van der Waals surface area contributed by atoms with E-state index in [9.17, 15) is 8.42 Å². The van der Waals surface area contributed by atoms with E-state index in [1.807, 2.05) is 18.2 Å². The third-order valence-electron chi connectivity index (χ3n) is 3.37. The Labute approximate surface area is 118 Å². The lowest BCUT2D eigenvalue weighted by atomic mass is 9.98. The predicted octanol–water partition coefficient (Wildman–Crippen LogP) is 2.69. The summed E-state index contributed by atoms with van der Waals surface area (Å²) in [6.07, 6.45) is 2.17. The second-order valence-corrected chi connectivity index (χ2v) is 6.71. The molecule has 0 bridgehead atoms. The molecule has 5 heteroatoms. The van der Waals surface area contributed by atoms with Crippen LogP contribution in [-0.4, -0.2) is 21.2 Å². The molecule has 20 heavy (non-hydrogen) atoms. The van der Waals surface area contributed by atoms with Crippen LogP contribution in [0.4, 0.5) is 11.4 Å². The highest BCUT2D eigenvalue weighted by molar-refractivity contribution is 7.92. The molecule has 0 saturated carbocycles. The summed E-state index contributed by atoms with van der Waals surface area (Å²) in [5.74, 6) is 0. The molecule has 0 spiro atoms. The molecule has 0 unspecified atom stereocenters. The van der Waals surface area contributed by atoms with Gasteiger partial charge in [0.2, 0.25) is 10.0 Å². The minimum absolute atomic E-state index is 0.585. The Morgan fingerprint density at radius 3 is 2.55 bits per heavy atom. The molecular weight excluding hydrogens is 272 g/mol. The van der Waals surface area contributed by atoms with Gasteiger partial charge in [-0.25, -0.2) is 8.42 Å². The van der Waals surface area contributed by atoms with Crippen molar-refractivity contribution in [1.82, 2.24) is 0 Å². The van der Waals surface area contributed by atoms with Gasteiger partial charge < -0.3 is 5.32 Å². The summed E-state index contributed by atoms with van der Waals surface area (Å²) >= 11 is 0. The number of sulfonamides is 1. The molecule has 104 valence electrons. The quantitative estimate of drug-likeness (QED) is 0.913. The predicted molar refractivity (Wildman–Crippen MR) is 82.5 cm³/mol. The van der Waals surface area contributed by atoms with Gasteiger partial charge in [-0.05, 0) is 41.3 Å². The van der Waals surface area contributed by atoms with Gasteiger partial charge in [-0.2, -0.15) is 0 Å². The summed E-state index contributed by atoms with van der Waals surface area (Å²) in [5.41, 5.74) is 5.42. The van der Waals surface area contributed by atoms with E-state index in [2.05, 4.69) is 22.2 Å². The van der Waals surface area contributed by atoms with E-state index in [0.717, 1.165) is 24.8 Å². The first-order valence-electron chi connectivity index (χ1n) is 6.47. The van der Waals surface area contributed by atoms with E-state index in [0.29, 0.717) is 5.69 Å². The molecule has 2 aromatic carbocycles. The third-order valence-corrected chi connectivity index (χ3v) is 3.97. The van der Waals surface area contributed by atoms with Gasteiger partial charge in [0.15, 0.2) is 0 Å². The molecule has 1 aliphatic rings. The highest BCUT2D eigenvalue weighted by Gasteiger charge is 2.14. The number of nitrogens with one attached hydrogen (secondary N) is 2. The van der Waals surface area contributed by atoms with Crippen LogP contribution in [-0.2, 0) is 16.4 Å². The standard InChI is InChI=1S/C15H16N2O2S/c1-20(18,19)17-12-7-5-11(6-8-12)13-3-2-4-15-14(13)9-10-16-15/h2-8,16-17H,9-10H2,1H3. The molecule has 0 aliphatic carbocycles. The molecule has 0 fully saturated rings. The largest absolute Gasteiger partial charge is 0.384 e. The van der Waals surface area contributed by atoms with Crippen molar-refractivity contribution in [1.29, 1.82) is 0 Å². The van der Waals surface area contributed by atoms with E-state index in [-0.39, 0.29) is 0 Å². The van der Waals surface area contributed by atoms with Crippen molar-refractivity contribution in [2.75, 3.05) is 22.8 Å². The van der Waals surface area contributed by atoms with Crippen LogP contribution < -0.4 is 10.0 Å². The maximum absolute atomic E-state index is 11.2. The molecular formula is C15H16N2O2S. The Morgan fingerprint density at radius 1 is 1.10 bits per heavy atom. The minimum Gasteiger partial charge on any atom is -0.384 e. The van der Waals surface area contributed by atoms with E-state index in [4.69, 9.17) is 0 Å². The number of rotatable bonds is 3. The van der Waals surface area contributed by atoms with Gasteiger partial charge in [0.1, 0.15) is 0 Å². The van der Waals surface area contributed by atoms with E-state index in [1.165, 1.54) is 16.8 Å². The highest BCUT2D eigenvalue weighted by atomic mass is 32.2. The molecule has 0 aromatic heterocycles. The summed E-state index contributed by atoms with van der Waals surface area (Å²) < 4.78 is 24.9. The van der Waals surface area contributed by atoms with Crippen molar-refractivity contribution in [3.05, 3.63) is 48.0 Å². The molecule has 2 N–H and O–H groups in total. The zero-order valence-electron chi connectivity index (χ0n) is 11.2. The van der Waals surface area contributed by atoms with Crippen LogP contribution in [0.1, 0.15) is 5.56 Å². The fourth-order valence-corrected chi connectivity index (χ4v) is 3.11. The fraction of sp³-hybridized carbons (Fsp3) is 0.200. The fourth-order valence-electron chi connectivity index (χ4n) is 2.55. The van der Waals surface area contributed by atoms with Crippen molar-refractivity contribution in [2.24, 2.45) is 0 Å². The Kier molecular flexibility index (Phi) is 3.14. The van der Waals surface area contributed by atoms with Crippen molar-refractivity contribution in [3.8, 4) is 11.1 Å². The molecule has 1 aliphatic heterocycles. The zero-order chi connectivity index (χ0) is 14.2. The van der Waals surface area contributed by atoms with Gasteiger partial charge >= 0.3 is 0 Å². The third kappa shape index (κ3) is 2.63. The summed E-state index contributed by atoms with van der Waals surface area (Å²) in [7, 11) is -3.22. The molecule has 3 rings (SSSR count). The topological polar surface area (TPSA) is 58.2 Å². The highest BCUT2D eigenvalue weighted by Crippen LogP contribution is 2.33. The van der Waals surface area contributed by atoms with Crippen molar-refractivity contribution in [3.63, 3.8) is 0 Å². The zero-order valence-corrected chi connectivity index (χ0v) is 12.0. The van der Waals surface area contributed by atoms with Gasteiger partial charge in [-0.15, -0.1) is 0 Å². The summed E-state index contributed by atoms with van der Waals surface area (Å²) in [4.78, 5) is 0. The first-order valence-corrected chi connectivity index (χ1v) is 8.36. The lowest BCUT2D eigenvalue weighted by molar-refractivity contribution is 0.607. The Hall–Kier alpha value is -2.01. The van der Waals surface area contributed by atoms with Gasteiger partial charge in [-0.1, -0.05) is 24.3 Å². The second kappa shape index (κ2) is 4.83. The SMILES string of the molecule is CS(=O)(=O)Nc1ccc(-c2cccc3c2CCN3)cc1. The monoisotopic (exact) mass is 288 g/mol. The average Bonchev–Trinajstić information content (AvgIpc) is 2.86. The first kappa shape index (κ1) is 13.0. The summed E-state index contributed by atoms with van der Waals surface area (Å²) in [6.45, 7) is 0.972. The number of anilines is 2. The summed E-state index contributed by atoms with van der Waals surface area (Å²) in [5, 5.41) is 3.36. The van der Waals surface area contributed by atoms with Gasteiger partial charge in [0, 0.05) is 17.9 Å². The lowest BCUT2D eigenvalue weighted by Gasteiger charge is -2.09. The van der Waals surface area contributed by atoms with Crippen molar-refractivity contribution < 1.29 is 8.42 Å². The number of hydrogen-bond donors (Lipinski definition) is 2. The molecule has 0 saturated heterocycles. The van der Waals surface area contributed by atoms with E-state index >= 15 is 0 Å². The van der Waals surface area contributed by atoms with Crippen LogP contribution in [0, 0.1) is 0 Å². The Morgan fingerprint density at radius 2 is 1.85 bits per heavy atom. The maximum Gasteiger partial charge on any atom is 0.229 e. The van der Waals surface area contributed by atoms with Crippen LogP contribution >= 0.6 is 0 Å². The normalized spacial score (nSPS) is 13.7. The lowest BCUT2D eigenvalue weighted by Crippen LogP contribution is -2.09. The van der Waals surface area contributed by atoms with Crippen LogP contribution in [0.5, 0.6) is 0 Å². The average molecular weight is 288 g/mol. The van der Waals surface area contributed by atoms with Crippen molar-refractivity contribution in [2.45, 2.75) is 6.42 Å². The first-order chi connectivity index (χ1) is 9.53. The molecule has 2 aromatic rings. The van der Waals surface area contributed by atoms with Gasteiger partial charge in [0.25, 0.3) is 0 Å². The van der Waals surface area contributed by atoms with Gasteiger partial charge in [0.05, 0.1) is 6.26 Å². The Bertz CT molecular complexity index is 737. The molecule has 1 heterocycles. The molecule has 0 atom stereocenters. The van der Waals surface area contributed by atoms with Crippen molar-refractivity contribution >= 4 is 21.4 Å². The van der Waals surface area contributed by atoms with Crippen LogP contribution in [0.3, 0.4) is 0 Å². The molecule has 0 radical (unpaired) electrons. The van der Waals surface area contributed by atoms with Crippen LogP contribution in [0.2, 0.25) is 0 Å². The van der Waals surface area contributed by atoms with Crippen LogP contribution in [0.15, 0.2) is 42.5 Å². The number of hydrogen-bond acceptors (Lipinski definition) is 3. The smallest absolute Gasteiger partial charge is 0.229 e. The minimum atomic E-state index is -3.22. The molecule has 0 amide bonds. The van der Waals surface area contributed by atoms with E-state index in [1.54, 1.807) is 12.1 Å². The number of fused-ring (bicyclic) bond motifs is 1. The molecule has 4 nitrogen and oxygen atoms in total. The van der Waals surface area contributed by atoms with Gasteiger partial charge in [-0.3, -0.25) is 4.72 Å². The number of benzene rings is 2. The van der Waals surface area contributed by atoms with Crippen LogP contribution in [0.25, 0.3) is 11.1 Å². The second-order valence-electron chi connectivity index (χ2n) is 4.96. The van der Waals surface area contributed by atoms with E-state index < -0.39 is 10.0 Å².